The Balaban J connectivity index is 3.62. The quantitative estimate of drug-likeness (QED) is 0.0593. The molecule has 39 heavy (non-hydrogen) atoms. The summed E-state index contributed by atoms with van der Waals surface area (Å²) in [6.07, 6.45) is 37.1. The monoisotopic (exact) mass is 552 g/mol. The minimum atomic E-state index is -0.831. The number of carbonyl (C=O) groups excluding carboxylic acids is 1. The normalized spacial score (nSPS) is 13.2. The zero-order valence-corrected chi connectivity index (χ0v) is 26.4. The second kappa shape index (κ2) is 31.7. The fourth-order valence-corrected chi connectivity index (χ4v) is 5.29. The Kier molecular flexibility index (Phi) is 30.9. The number of carbonyl (C=O) groups is 1. The van der Waals surface area contributed by atoms with Gasteiger partial charge >= 0.3 is 0 Å². The first-order chi connectivity index (χ1) is 19.2. The minimum absolute atomic E-state index is 0.0641. The molecule has 0 rings (SSSR count). The first-order valence-corrected chi connectivity index (χ1v) is 17.4. The number of allylic oxidation sites excluding steroid dienone is 1. The predicted molar refractivity (Wildman–Crippen MR) is 170 cm³/mol. The number of hydrogen-bond donors (Lipinski definition) is 3. The van der Waals surface area contributed by atoms with Crippen molar-refractivity contribution in [3.8, 4) is 0 Å². The molecule has 0 aromatic heterocycles. The molecular weight excluding hydrogens is 482 g/mol. The Bertz CT molecular complexity index is 522. The summed E-state index contributed by atoms with van der Waals surface area (Å²) < 4.78 is 0. The Morgan fingerprint density at radius 1 is 0.590 bits per heavy atom. The Morgan fingerprint density at radius 3 is 1.33 bits per heavy atom. The third kappa shape index (κ3) is 28.5. The Hall–Kier alpha value is -0.870. The first-order valence-electron chi connectivity index (χ1n) is 17.4. The van der Waals surface area contributed by atoms with Crippen molar-refractivity contribution in [2.75, 3.05) is 6.61 Å². The van der Waals surface area contributed by atoms with Gasteiger partial charge in [-0.25, -0.2) is 0 Å². The number of unbranched alkanes of at least 4 members (excludes halogenated alkanes) is 24. The SMILES string of the molecule is CCCCCCCCCCCCCC=CC(O)C(CO)NC(=O)CCCCCCCCCCCCCCCC. The van der Waals surface area contributed by atoms with Crippen LogP contribution in [0.25, 0.3) is 0 Å². The molecule has 0 saturated heterocycles. The summed E-state index contributed by atoms with van der Waals surface area (Å²) in [6.45, 7) is 4.29. The maximum atomic E-state index is 12.3. The van der Waals surface area contributed by atoms with E-state index >= 15 is 0 Å². The van der Waals surface area contributed by atoms with Gasteiger partial charge in [0.15, 0.2) is 0 Å². The van der Waals surface area contributed by atoms with Gasteiger partial charge in [-0.2, -0.15) is 0 Å². The van der Waals surface area contributed by atoms with Crippen molar-refractivity contribution >= 4 is 5.91 Å². The first kappa shape index (κ1) is 38.1. The van der Waals surface area contributed by atoms with Gasteiger partial charge in [-0.05, 0) is 19.3 Å². The molecule has 0 fully saturated rings. The highest BCUT2D eigenvalue weighted by atomic mass is 16.3. The van der Waals surface area contributed by atoms with E-state index in [1.165, 1.54) is 141 Å². The van der Waals surface area contributed by atoms with Gasteiger partial charge in [0.2, 0.25) is 5.91 Å². The molecule has 0 bridgehead atoms. The van der Waals surface area contributed by atoms with E-state index in [2.05, 4.69) is 19.2 Å². The number of amides is 1. The summed E-state index contributed by atoms with van der Waals surface area (Å²) in [5, 5.41) is 22.8. The molecule has 2 unspecified atom stereocenters. The van der Waals surface area contributed by atoms with Gasteiger partial charge in [0.1, 0.15) is 0 Å². The van der Waals surface area contributed by atoms with Crippen molar-refractivity contribution in [3.05, 3.63) is 12.2 Å². The predicted octanol–water partition coefficient (Wildman–Crippen LogP) is 9.95. The van der Waals surface area contributed by atoms with Gasteiger partial charge in [-0.1, -0.05) is 174 Å². The average Bonchev–Trinajstić information content (AvgIpc) is 2.94. The lowest BCUT2D eigenvalue weighted by molar-refractivity contribution is -0.123. The highest BCUT2D eigenvalue weighted by molar-refractivity contribution is 5.76. The number of rotatable bonds is 31. The maximum Gasteiger partial charge on any atom is 0.220 e. The van der Waals surface area contributed by atoms with E-state index in [0.717, 1.165) is 25.7 Å². The highest BCUT2D eigenvalue weighted by Gasteiger charge is 2.17. The van der Waals surface area contributed by atoms with Crippen LogP contribution in [0, 0.1) is 0 Å². The number of hydrogen-bond acceptors (Lipinski definition) is 3. The van der Waals surface area contributed by atoms with Crippen LogP contribution in [0.4, 0.5) is 0 Å². The average molecular weight is 552 g/mol. The molecular formula is C35H69NO3. The Labute approximate surface area is 244 Å². The molecule has 4 nitrogen and oxygen atoms in total. The van der Waals surface area contributed by atoms with Crippen LogP contribution in [0.3, 0.4) is 0 Å². The lowest BCUT2D eigenvalue weighted by atomic mass is 10.0. The van der Waals surface area contributed by atoms with Gasteiger partial charge in [0, 0.05) is 6.42 Å². The van der Waals surface area contributed by atoms with Crippen molar-refractivity contribution in [2.24, 2.45) is 0 Å². The summed E-state index contributed by atoms with van der Waals surface area (Å²) >= 11 is 0. The molecule has 232 valence electrons. The van der Waals surface area contributed by atoms with Crippen LogP contribution in [-0.4, -0.2) is 34.9 Å². The van der Waals surface area contributed by atoms with Crippen molar-refractivity contribution in [3.63, 3.8) is 0 Å². The van der Waals surface area contributed by atoms with E-state index < -0.39 is 12.1 Å². The second-order valence-electron chi connectivity index (χ2n) is 11.9. The van der Waals surface area contributed by atoms with Crippen LogP contribution in [0.1, 0.15) is 187 Å². The zero-order valence-electron chi connectivity index (χ0n) is 26.4. The molecule has 0 spiro atoms. The number of aliphatic hydroxyl groups excluding tert-OH is 2. The van der Waals surface area contributed by atoms with Crippen LogP contribution in [0.5, 0.6) is 0 Å². The molecule has 1 amide bonds. The number of nitrogens with one attached hydrogen (secondary N) is 1. The van der Waals surface area contributed by atoms with E-state index in [1.807, 2.05) is 6.08 Å². The summed E-state index contributed by atoms with van der Waals surface area (Å²) in [5.41, 5.74) is 0. The van der Waals surface area contributed by atoms with Gasteiger partial charge < -0.3 is 15.5 Å². The summed E-state index contributed by atoms with van der Waals surface area (Å²) in [4.78, 5) is 12.3. The molecule has 0 radical (unpaired) electrons. The van der Waals surface area contributed by atoms with E-state index in [4.69, 9.17) is 0 Å². The molecule has 0 aliphatic rings. The molecule has 0 aromatic rings. The van der Waals surface area contributed by atoms with Crippen LogP contribution in [0.15, 0.2) is 12.2 Å². The minimum Gasteiger partial charge on any atom is -0.394 e. The van der Waals surface area contributed by atoms with E-state index in [-0.39, 0.29) is 12.5 Å². The van der Waals surface area contributed by atoms with E-state index in [0.29, 0.717) is 6.42 Å². The van der Waals surface area contributed by atoms with Crippen LogP contribution >= 0.6 is 0 Å². The highest BCUT2D eigenvalue weighted by Crippen LogP contribution is 2.14. The third-order valence-electron chi connectivity index (χ3n) is 8.02. The molecule has 4 heteroatoms. The summed E-state index contributed by atoms with van der Waals surface area (Å²) in [7, 11) is 0. The van der Waals surface area contributed by atoms with Crippen LogP contribution < -0.4 is 5.32 Å². The fraction of sp³-hybridized carbons (Fsp3) is 0.914. The lowest BCUT2D eigenvalue weighted by Gasteiger charge is -2.20. The zero-order chi connectivity index (χ0) is 28.7. The van der Waals surface area contributed by atoms with Gasteiger partial charge in [-0.15, -0.1) is 0 Å². The summed E-state index contributed by atoms with van der Waals surface area (Å²) in [5.74, 6) is -0.0641. The smallest absolute Gasteiger partial charge is 0.220 e. The molecule has 0 aliphatic carbocycles. The lowest BCUT2D eigenvalue weighted by Crippen LogP contribution is -2.45. The largest absolute Gasteiger partial charge is 0.394 e. The maximum absolute atomic E-state index is 12.3. The van der Waals surface area contributed by atoms with Crippen molar-refractivity contribution < 1.29 is 15.0 Å². The van der Waals surface area contributed by atoms with Gasteiger partial charge in [-0.3, -0.25) is 4.79 Å². The topological polar surface area (TPSA) is 69.6 Å². The number of aliphatic hydroxyl groups is 2. The molecule has 0 aromatic carbocycles. The van der Waals surface area contributed by atoms with E-state index in [1.54, 1.807) is 6.08 Å². The van der Waals surface area contributed by atoms with Crippen molar-refractivity contribution in [1.82, 2.24) is 5.32 Å². The van der Waals surface area contributed by atoms with E-state index in [9.17, 15) is 15.0 Å². The molecule has 3 N–H and O–H groups in total. The van der Waals surface area contributed by atoms with Crippen molar-refractivity contribution in [2.45, 2.75) is 199 Å². The molecule has 0 aliphatic heterocycles. The fourth-order valence-electron chi connectivity index (χ4n) is 5.29. The second-order valence-corrected chi connectivity index (χ2v) is 11.9. The van der Waals surface area contributed by atoms with Crippen molar-refractivity contribution in [1.29, 1.82) is 0 Å². The molecule has 0 heterocycles. The molecule has 0 saturated carbocycles. The molecule has 2 atom stereocenters. The summed E-state index contributed by atoms with van der Waals surface area (Å²) in [6, 6.07) is -0.613. The third-order valence-corrected chi connectivity index (χ3v) is 8.02. The standard InChI is InChI=1S/C35H69NO3/c1-3-5-7-9-11-13-15-17-19-21-23-25-27-29-31-35(39)36-33(32-37)34(38)30-28-26-24-22-20-18-16-14-12-10-8-6-4-2/h28,30,33-34,37-38H,3-27,29,31-32H2,1-2H3,(H,36,39). The van der Waals surface area contributed by atoms with Gasteiger partial charge in [0.25, 0.3) is 0 Å². The Morgan fingerprint density at radius 2 is 0.949 bits per heavy atom. The van der Waals surface area contributed by atoms with Crippen LogP contribution in [0.2, 0.25) is 0 Å². The van der Waals surface area contributed by atoms with Gasteiger partial charge in [0.05, 0.1) is 18.8 Å². The van der Waals surface area contributed by atoms with Crippen LogP contribution in [-0.2, 0) is 4.79 Å².